The van der Waals surface area contributed by atoms with Gasteiger partial charge in [-0.25, -0.2) is 0 Å². The molecule has 4 nitrogen and oxygen atoms in total. The predicted molar refractivity (Wildman–Crippen MR) is 56.9 cm³/mol. The fourth-order valence-corrected chi connectivity index (χ4v) is 1.29. The zero-order chi connectivity index (χ0) is 11.5. The average Bonchev–Trinajstić information content (AvgIpc) is 2.21. The second-order valence-corrected chi connectivity index (χ2v) is 3.73. The highest BCUT2D eigenvalue weighted by Gasteiger charge is 2.31. The fraction of sp³-hybridized carbons (Fsp3) is 0.364. The molecule has 1 aromatic rings. The van der Waals surface area contributed by atoms with E-state index in [2.05, 4.69) is 5.32 Å². The summed E-state index contributed by atoms with van der Waals surface area (Å²) >= 11 is 0. The minimum atomic E-state index is -0.975. The molecule has 1 aromatic carbocycles. The maximum Gasteiger partial charge on any atom is 0.323 e. The summed E-state index contributed by atoms with van der Waals surface area (Å²) in [5.41, 5.74) is -0.108. The number of carboxylic acid groups (broad SMARTS) is 1. The molecule has 0 bridgehead atoms. The monoisotopic (exact) mass is 209 g/mol. The molecule has 0 fully saturated rings. The van der Waals surface area contributed by atoms with Gasteiger partial charge < -0.3 is 15.5 Å². The van der Waals surface area contributed by atoms with Crippen molar-refractivity contribution in [2.24, 2.45) is 0 Å². The summed E-state index contributed by atoms with van der Waals surface area (Å²) in [5, 5.41) is 20.9. The smallest absolute Gasteiger partial charge is 0.323 e. The number of phenols is 1. The van der Waals surface area contributed by atoms with Crippen LogP contribution < -0.4 is 5.32 Å². The van der Waals surface area contributed by atoms with Crippen LogP contribution in [0, 0.1) is 0 Å². The number of carboxylic acids is 1. The molecule has 82 valence electrons. The first-order valence-corrected chi connectivity index (χ1v) is 4.68. The number of benzene rings is 1. The second kappa shape index (κ2) is 4.31. The van der Waals surface area contributed by atoms with Crippen LogP contribution in [0.5, 0.6) is 5.75 Å². The van der Waals surface area contributed by atoms with Crippen molar-refractivity contribution in [3.63, 3.8) is 0 Å². The molecule has 1 atom stereocenters. The Bertz CT molecular complexity index is 347. The van der Waals surface area contributed by atoms with Crippen molar-refractivity contribution in [2.75, 3.05) is 7.05 Å². The van der Waals surface area contributed by atoms with E-state index in [1.54, 1.807) is 38.2 Å². The van der Waals surface area contributed by atoms with E-state index in [1.807, 2.05) is 0 Å². The average molecular weight is 209 g/mol. The molecule has 0 aromatic heterocycles. The summed E-state index contributed by atoms with van der Waals surface area (Å²) in [7, 11) is 1.62. The summed E-state index contributed by atoms with van der Waals surface area (Å²) in [6, 6.07) is 6.53. The summed E-state index contributed by atoms with van der Waals surface area (Å²) in [6.07, 6.45) is 0.374. The number of hydrogen-bond donors (Lipinski definition) is 3. The number of aromatic hydroxyl groups is 1. The number of aliphatic carboxylic acids is 1. The molecule has 0 aliphatic heterocycles. The van der Waals surface area contributed by atoms with Crippen LogP contribution >= 0.6 is 0 Å². The quantitative estimate of drug-likeness (QED) is 0.692. The van der Waals surface area contributed by atoms with Gasteiger partial charge in [0.05, 0.1) is 0 Å². The molecule has 0 aliphatic carbocycles. The minimum Gasteiger partial charge on any atom is -0.508 e. The zero-order valence-corrected chi connectivity index (χ0v) is 8.82. The zero-order valence-electron chi connectivity index (χ0n) is 8.82. The molecule has 1 rings (SSSR count). The van der Waals surface area contributed by atoms with E-state index in [4.69, 9.17) is 10.2 Å². The molecule has 3 N–H and O–H groups in total. The van der Waals surface area contributed by atoms with Crippen molar-refractivity contribution in [1.82, 2.24) is 5.32 Å². The van der Waals surface area contributed by atoms with Crippen molar-refractivity contribution in [3.05, 3.63) is 29.8 Å². The number of nitrogens with one attached hydrogen (secondary N) is 1. The first-order valence-electron chi connectivity index (χ1n) is 4.68. The molecule has 0 heterocycles. The van der Waals surface area contributed by atoms with E-state index < -0.39 is 11.5 Å². The van der Waals surface area contributed by atoms with Crippen LogP contribution in [0.4, 0.5) is 0 Å². The van der Waals surface area contributed by atoms with E-state index in [9.17, 15) is 4.79 Å². The Morgan fingerprint density at radius 1 is 1.40 bits per heavy atom. The maximum atomic E-state index is 11.0. The van der Waals surface area contributed by atoms with Crippen LogP contribution in [0.25, 0.3) is 0 Å². The maximum absolute atomic E-state index is 11.0. The Balaban J connectivity index is 2.84. The van der Waals surface area contributed by atoms with Crippen LogP contribution in [0.2, 0.25) is 0 Å². The molecule has 0 saturated carbocycles. The largest absolute Gasteiger partial charge is 0.508 e. The lowest BCUT2D eigenvalue weighted by Crippen LogP contribution is -2.49. The lowest BCUT2D eigenvalue weighted by Gasteiger charge is -2.24. The van der Waals surface area contributed by atoms with Gasteiger partial charge in [0.1, 0.15) is 11.3 Å². The Hall–Kier alpha value is -1.55. The van der Waals surface area contributed by atoms with Gasteiger partial charge >= 0.3 is 5.97 Å². The molecule has 0 saturated heterocycles. The summed E-state index contributed by atoms with van der Waals surface area (Å²) in [4.78, 5) is 11.0. The SMILES string of the molecule is CNC(C)(Cc1ccc(O)cc1)C(=O)O. The van der Waals surface area contributed by atoms with Crippen LogP contribution in [0.3, 0.4) is 0 Å². The molecule has 15 heavy (non-hydrogen) atoms. The first kappa shape index (κ1) is 11.5. The van der Waals surface area contributed by atoms with Gasteiger partial charge in [-0.3, -0.25) is 4.79 Å². The Kier molecular flexibility index (Phi) is 3.31. The second-order valence-electron chi connectivity index (χ2n) is 3.73. The van der Waals surface area contributed by atoms with E-state index in [0.717, 1.165) is 5.56 Å². The van der Waals surface area contributed by atoms with E-state index >= 15 is 0 Å². The van der Waals surface area contributed by atoms with Gasteiger partial charge in [0.15, 0.2) is 0 Å². The van der Waals surface area contributed by atoms with Crippen molar-refractivity contribution < 1.29 is 15.0 Å². The molecule has 0 aliphatic rings. The van der Waals surface area contributed by atoms with E-state index in [-0.39, 0.29) is 5.75 Å². The predicted octanol–water partition coefficient (Wildman–Crippen LogP) is 0.997. The third-order valence-corrected chi connectivity index (χ3v) is 2.52. The van der Waals surface area contributed by atoms with Gasteiger partial charge in [0.2, 0.25) is 0 Å². The van der Waals surface area contributed by atoms with Crippen molar-refractivity contribution >= 4 is 5.97 Å². The molecule has 4 heteroatoms. The molecule has 0 amide bonds. The van der Waals surface area contributed by atoms with Crippen LogP contribution in [-0.2, 0) is 11.2 Å². The minimum absolute atomic E-state index is 0.181. The van der Waals surface area contributed by atoms with Gasteiger partial charge in [0, 0.05) is 6.42 Å². The fourth-order valence-electron chi connectivity index (χ4n) is 1.29. The van der Waals surface area contributed by atoms with Crippen LogP contribution in [0.1, 0.15) is 12.5 Å². The number of hydrogen-bond acceptors (Lipinski definition) is 3. The highest BCUT2D eigenvalue weighted by molar-refractivity contribution is 5.78. The van der Waals surface area contributed by atoms with E-state index in [0.29, 0.717) is 6.42 Å². The van der Waals surface area contributed by atoms with Crippen molar-refractivity contribution in [2.45, 2.75) is 18.9 Å². The number of likely N-dealkylation sites (N-methyl/N-ethyl adjacent to an activating group) is 1. The third-order valence-electron chi connectivity index (χ3n) is 2.52. The van der Waals surface area contributed by atoms with Gasteiger partial charge in [-0.1, -0.05) is 12.1 Å². The normalized spacial score (nSPS) is 14.5. The highest BCUT2D eigenvalue weighted by Crippen LogP contribution is 2.16. The van der Waals surface area contributed by atoms with Gasteiger partial charge in [-0.15, -0.1) is 0 Å². The van der Waals surface area contributed by atoms with Crippen molar-refractivity contribution in [1.29, 1.82) is 0 Å². The lowest BCUT2D eigenvalue weighted by atomic mass is 9.93. The Morgan fingerprint density at radius 3 is 2.33 bits per heavy atom. The van der Waals surface area contributed by atoms with Gasteiger partial charge in [0.25, 0.3) is 0 Å². The van der Waals surface area contributed by atoms with Crippen LogP contribution in [0.15, 0.2) is 24.3 Å². The summed E-state index contributed by atoms with van der Waals surface area (Å²) in [5.74, 6) is -0.710. The lowest BCUT2D eigenvalue weighted by molar-refractivity contribution is -0.143. The number of phenolic OH excluding ortho intramolecular Hbond substituents is 1. The summed E-state index contributed by atoms with van der Waals surface area (Å²) in [6.45, 7) is 1.63. The van der Waals surface area contributed by atoms with Crippen LogP contribution in [-0.4, -0.2) is 28.8 Å². The first-order chi connectivity index (χ1) is 6.98. The van der Waals surface area contributed by atoms with Gasteiger partial charge in [-0.2, -0.15) is 0 Å². The Morgan fingerprint density at radius 2 is 1.93 bits per heavy atom. The summed E-state index contributed by atoms with van der Waals surface area (Å²) < 4.78 is 0. The standard InChI is InChI=1S/C11H15NO3/c1-11(12-2,10(14)15)7-8-3-5-9(13)6-4-8/h3-6,12-13H,7H2,1-2H3,(H,14,15). The molecule has 0 radical (unpaired) electrons. The molecule has 1 unspecified atom stereocenters. The van der Waals surface area contributed by atoms with E-state index in [1.165, 1.54) is 0 Å². The van der Waals surface area contributed by atoms with Crippen molar-refractivity contribution in [3.8, 4) is 5.75 Å². The molecular formula is C11H15NO3. The topological polar surface area (TPSA) is 69.6 Å². The number of rotatable bonds is 4. The Labute approximate surface area is 88.6 Å². The molecule has 0 spiro atoms. The highest BCUT2D eigenvalue weighted by atomic mass is 16.4. The number of carbonyl (C=O) groups is 1. The third kappa shape index (κ3) is 2.70. The molecular weight excluding hydrogens is 194 g/mol. The van der Waals surface area contributed by atoms with Gasteiger partial charge in [-0.05, 0) is 31.7 Å².